The van der Waals surface area contributed by atoms with E-state index in [1.54, 1.807) is 11.0 Å². The second-order valence-electron chi connectivity index (χ2n) is 6.02. The van der Waals surface area contributed by atoms with Crippen molar-refractivity contribution in [1.29, 1.82) is 10.5 Å². The molecular weight excluding hydrogens is 371 g/mol. The van der Waals surface area contributed by atoms with Gasteiger partial charge in [-0.25, -0.2) is 0 Å². The van der Waals surface area contributed by atoms with Gasteiger partial charge in [-0.3, -0.25) is 9.69 Å². The maximum absolute atomic E-state index is 12.7. The Balaban J connectivity index is 2.89. The fraction of sp³-hybridized carbons (Fsp3) is 0.526. The number of carbonyl (C=O) groups is 1. The molecule has 0 N–H and O–H groups in total. The normalized spacial score (nSPS) is 11.7. The second kappa shape index (κ2) is 11.8. The average Bonchev–Trinajstić information content (AvgIpc) is 2.63. The lowest BCUT2D eigenvalue weighted by molar-refractivity contribution is -0.132. The van der Waals surface area contributed by atoms with Crippen LogP contribution in [0.5, 0.6) is 0 Å². The van der Waals surface area contributed by atoms with Gasteiger partial charge in [0.05, 0.1) is 41.6 Å². The number of nitriles is 2. The Hall–Kier alpha value is -1.79. The van der Waals surface area contributed by atoms with Crippen molar-refractivity contribution in [3.05, 3.63) is 33.8 Å². The summed E-state index contributed by atoms with van der Waals surface area (Å²) in [7, 11) is 0. The van der Waals surface area contributed by atoms with E-state index in [0.29, 0.717) is 23.1 Å². The van der Waals surface area contributed by atoms with Crippen molar-refractivity contribution in [2.45, 2.75) is 39.2 Å². The molecule has 1 amide bonds. The highest BCUT2D eigenvalue weighted by Gasteiger charge is 2.22. The summed E-state index contributed by atoms with van der Waals surface area (Å²) in [4.78, 5) is 16.4. The predicted molar refractivity (Wildman–Crippen MR) is 104 cm³/mol. The van der Waals surface area contributed by atoms with E-state index in [1.807, 2.05) is 19.1 Å². The van der Waals surface area contributed by atoms with Crippen LogP contribution in [0, 0.1) is 22.7 Å². The largest absolute Gasteiger partial charge is 0.340 e. The van der Waals surface area contributed by atoms with E-state index in [1.165, 1.54) is 0 Å². The van der Waals surface area contributed by atoms with Gasteiger partial charge in [0.25, 0.3) is 0 Å². The molecule has 1 atom stereocenters. The third kappa shape index (κ3) is 6.84. The summed E-state index contributed by atoms with van der Waals surface area (Å²) in [6.45, 7) is 5.75. The van der Waals surface area contributed by atoms with Crippen molar-refractivity contribution in [1.82, 2.24) is 9.80 Å². The van der Waals surface area contributed by atoms with Crippen molar-refractivity contribution in [3.63, 3.8) is 0 Å². The van der Waals surface area contributed by atoms with Gasteiger partial charge in [0.2, 0.25) is 5.91 Å². The Kier molecular flexibility index (Phi) is 10.1. The van der Waals surface area contributed by atoms with Crippen LogP contribution in [0.3, 0.4) is 0 Å². The molecule has 1 rings (SSSR count). The van der Waals surface area contributed by atoms with Gasteiger partial charge >= 0.3 is 0 Å². The van der Waals surface area contributed by atoms with Gasteiger partial charge in [-0.15, -0.1) is 0 Å². The number of amides is 1. The molecule has 7 heteroatoms. The van der Waals surface area contributed by atoms with Crippen molar-refractivity contribution >= 4 is 29.1 Å². The molecule has 1 aromatic rings. The number of carbonyl (C=O) groups excluding carboxylic acids is 1. The number of benzene rings is 1. The monoisotopic (exact) mass is 394 g/mol. The molecule has 26 heavy (non-hydrogen) atoms. The summed E-state index contributed by atoms with van der Waals surface area (Å²) in [5.41, 5.74) is 0.987. The zero-order chi connectivity index (χ0) is 19.5. The Morgan fingerprint density at radius 3 is 2.23 bits per heavy atom. The van der Waals surface area contributed by atoms with Gasteiger partial charge in [0.15, 0.2) is 0 Å². The maximum Gasteiger partial charge on any atom is 0.236 e. The van der Waals surface area contributed by atoms with Crippen LogP contribution >= 0.6 is 23.2 Å². The van der Waals surface area contributed by atoms with Gasteiger partial charge in [0.1, 0.15) is 0 Å². The summed E-state index contributed by atoms with van der Waals surface area (Å²) in [6, 6.07) is 9.58. The third-order valence-corrected chi connectivity index (χ3v) is 4.90. The lowest BCUT2D eigenvalue weighted by Gasteiger charge is -2.31. The topological polar surface area (TPSA) is 71.1 Å². The van der Waals surface area contributed by atoms with Crippen LogP contribution < -0.4 is 0 Å². The van der Waals surface area contributed by atoms with Crippen LogP contribution in [0.2, 0.25) is 10.0 Å². The number of hydrogen-bond acceptors (Lipinski definition) is 4. The molecule has 140 valence electrons. The highest BCUT2D eigenvalue weighted by Crippen LogP contribution is 2.28. The smallest absolute Gasteiger partial charge is 0.236 e. The first-order valence-corrected chi connectivity index (χ1v) is 9.40. The van der Waals surface area contributed by atoms with E-state index in [2.05, 4.69) is 24.0 Å². The minimum Gasteiger partial charge on any atom is -0.340 e. The van der Waals surface area contributed by atoms with Crippen molar-refractivity contribution < 1.29 is 4.79 Å². The molecular formula is C19H24Cl2N4O. The molecule has 0 bridgehead atoms. The molecule has 0 radical (unpaired) electrons. The minimum absolute atomic E-state index is 0.0116. The molecule has 1 aromatic carbocycles. The van der Waals surface area contributed by atoms with Crippen molar-refractivity contribution in [2.24, 2.45) is 0 Å². The lowest BCUT2D eigenvalue weighted by atomic mass is 10.1. The van der Waals surface area contributed by atoms with Crippen LogP contribution in [0.1, 0.15) is 44.7 Å². The molecule has 0 fully saturated rings. The maximum atomic E-state index is 12.7. The summed E-state index contributed by atoms with van der Waals surface area (Å²) in [5, 5.41) is 18.6. The quantitative estimate of drug-likeness (QED) is 0.588. The number of nitrogens with zero attached hydrogens (tertiary/aromatic N) is 4. The van der Waals surface area contributed by atoms with E-state index in [0.717, 1.165) is 18.5 Å². The fourth-order valence-corrected chi connectivity index (χ4v) is 2.99. The van der Waals surface area contributed by atoms with Crippen LogP contribution in [-0.2, 0) is 4.79 Å². The fourth-order valence-electron chi connectivity index (χ4n) is 2.68. The number of hydrogen-bond donors (Lipinski definition) is 0. The zero-order valence-corrected chi connectivity index (χ0v) is 16.7. The Labute approximate surface area is 165 Å². The average molecular weight is 395 g/mol. The highest BCUT2D eigenvalue weighted by atomic mass is 35.5. The summed E-state index contributed by atoms with van der Waals surface area (Å²) < 4.78 is 0. The second-order valence-corrected chi connectivity index (χ2v) is 6.83. The first-order valence-electron chi connectivity index (χ1n) is 8.65. The number of halogens is 2. The molecule has 0 aromatic heterocycles. The SMILES string of the molecule is CCCN(CC(=O)N(CCC#N)CCC#N)C(C)c1ccc(Cl)c(Cl)c1. The molecule has 5 nitrogen and oxygen atoms in total. The molecule has 0 saturated heterocycles. The van der Waals surface area contributed by atoms with E-state index in [4.69, 9.17) is 33.7 Å². The molecule has 0 aliphatic rings. The molecule has 0 aliphatic carbocycles. The predicted octanol–water partition coefficient (Wildman–Crippen LogP) is 4.42. The van der Waals surface area contributed by atoms with E-state index < -0.39 is 0 Å². The molecule has 0 spiro atoms. The van der Waals surface area contributed by atoms with Crippen LogP contribution in [0.4, 0.5) is 0 Å². The highest BCUT2D eigenvalue weighted by molar-refractivity contribution is 6.42. The zero-order valence-electron chi connectivity index (χ0n) is 15.2. The Bertz CT molecular complexity index is 663. The van der Waals surface area contributed by atoms with Gasteiger partial charge in [-0.05, 0) is 37.6 Å². The third-order valence-electron chi connectivity index (χ3n) is 4.16. The minimum atomic E-state index is -0.0733. The van der Waals surface area contributed by atoms with E-state index >= 15 is 0 Å². The van der Waals surface area contributed by atoms with Crippen LogP contribution in [-0.4, -0.2) is 41.9 Å². The van der Waals surface area contributed by atoms with Crippen molar-refractivity contribution in [3.8, 4) is 12.1 Å². The summed E-state index contributed by atoms with van der Waals surface area (Å²) >= 11 is 12.1. The van der Waals surface area contributed by atoms with Gasteiger partial charge in [0, 0.05) is 19.1 Å². The Morgan fingerprint density at radius 1 is 1.12 bits per heavy atom. The Morgan fingerprint density at radius 2 is 1.73 bits per heavy atom. The van der Waals surface area contributed by atoms with Crippen molar-refractivity contribution in [2.75, 3.05) is 26.2 Å². The first-order chi connectivity index (χ1) is 12.4. The van der Waals surface area contributed by atoms with Gasteiger partial charge in [-0.1, -0.05) is 36.2 Å². The summed E-state index contributed by atoms with van der Waals surface area (Å²) in [5.74, 6) is -0.0733. The van der Waals surface area contributed by atoms with Gasteiger partial charge < -0.3 is 4.90 Å². The van der Waals surface area contributed by atoms with E-state index in [9.17, 15) is 4.79 Å². The standard InChI is InChI=1S/C19H24Cl2N4O/c1-3-10-25(15(2)16-6-7-17(20)18(21)13-16)14-19(26)24(11-4-8-22)12-5-9-23/h6-7,13,15H,3-5,10-12,14H2,1-2H3. The molecule has 0 saturated carbocycles. The van der Waals surface area contributed by atoms with Crippen LogP contribution in [0.25, 0.3) is 0 Å². The first kappa shape index (κ1) is 22.3. The lowest BCUT2D eigenvalue weighted by Crippen LogP contribution is -2.42. The molecule has 1 unspecified atom stereocenters. The van der Waals surface area contributed by atoms with Gasteiger partial charge in [-0.2, -0.15) is 10.5 Å². The summed E-state index contributed by atoms with van der Waals surface area (Å²) in [6.07, 6.45) is 1.41. The van der Waals surface area contributed by atoms with E-state index in [-0.39, 0.29) is 31.3 Å². The molecule has 0 aliphatic heterocycles. The van der Waals surface area contributed by atoms with Crippen LogP contribution in [0.15, 0.2) is 18.2 Å². The molecule has 0 heterocycles. The number of rotatable bonds is 10.